The highest BCUT2D eigenvalue weighted by molar-refractivity contribution is 7.92. The van der Waals surface area contributed by atoms with Crippen molar-refractivity contribution in [3.8, 4) is 0 Å². The summed E-state index contributed by atoms with van der Waals surface area (Å²) in [6, 6.07) is 8.14. The molecule has 1 aromatic carbocycles. The minimum Gasteiger partial charge on any atom is -0.393 e. The molecule has 4 nitrogen and oxygen atoms in total. The normalized spacial score (nSPS) is 15.6. The summed E-state index contributed by atoms with van der Waals surface area (Å²) in [5.41, 5.74) is 0. The van der Waals surface area contributed by atoms with Crippen LogP contribution in [0.5, 0.6) is 0 Å². The summed E-state index contributed by atoms with van der Waals surface area (Å²) in [5, 5.41) is 18.0. The molecule has 0 radical (unpaired) electrons. The van der Waals surface area contributed by atoms with Crippen LogP contribution in [0.2, 0.25) is 0 Å². The zero-order valence-corrected chi connectivity index (χ0v) is 11.5. The van der Waals surface area contributed by atoms with Crippen molar-refractivity contribution in [1.29, 1.82) is 0 Å². The van der Waals surface area contributed by atoms with E-state index < -0.39 is 27.3 Å². The van der Waals surface area contributed by atoms with Crippen LogP contribution in [0.3, 0.4) is 0 Å². The molecule has 0 aliphatic heterocycles. The van der Waals surface area contributed by atoms with Gasteiger partial charge in [-0.15, -0.1) is 0 Å². The van der Waals surface area contributed by atoms with Crippen molar-refractivity contribution in [2.24, 2.45) is 0 Å². The van der Waals surface area contributed by atoms with Gasteiger partial charge in [0.25, 0.3) is 0 Å². The zero-order chi connectivity index (χ0) is 13.8. The minimum absolute atomic E-state index is 0.127. The number of benzene rings is 1. The fourth-order valence-electron chi connectivity index (χ4n) is 1.91. The second kappa shape index (κ2) is 6.31. The summed E-state index contributed by atoms with van der Waals surface area (Å²) < 4.78 is 24.8. The van der Waals surface area contributed by atoms with Crippen molar-refractivity contribution in [2.75, 3.05) is 0 Å². The second-order valence-corrected chi connectivity index (χ2v) is 6.88. The van der Waals surface area contributed by atoms with Gasteiger partial charge < -0.3 is 10.2 Å². The maximum Gasteiger partial charge on any atom is 0.181 e. The predicted molar refractivity (Wildman–Crippen MR) is 70.0 cm³/mol. The molecule has 0 saturated heterocycles. The third-order valence-corrected chi connectivity index (χ3v) is 4.91. The third-order valence-electron chi connectivity index (χ3n) is 2.72. The maximum absolute atomic E-state index is 12.4. The fourth-order valence-corrected chi connectivity index (χ4v) is 3.90. The van der Waals surface area contributed by atoms with E-state index in [0.717, 1.165) is 0 Å². The molecule has 18 heavy (non-hydrogen) atoms. The molecule has 0 aliphatic rings. The lowest BCUT2D eigenvalue weighted by Gasteiger charge is -2.20. The van der Waals surface area contributed by atoms with Crippen LogP contribution in [0.15, 0.2) is 35.2 Å². The van der Waals surface area contributed by atoms with Crippen LogP contribution in [0, 0.1) is 0 Å². The first-order valence-electron chi connectivity index (χ1n) is 5.99. The van der Waals surface area contributed by atoms with Crippen molar-refractivity contribution in [1.82, 2.24) is 0 Å². The standard InChI is InChI=1S/C13H20O4S/c1-10(14)8-13(9-11(2)15)18(16,17)12-6-4-3-5-7-12/h3-7,10-11,13-15H,8-9H2,1-2H3/t10-,11-/m0/s1. The lowest BCUT2D eigenvalue weighted by atomic mass is 10.1. The average molecular weight is 272 g/mol. The van der Waals surface area contributed by atoms with Gasteiger partial charge in [0.05, 0.1) is 22.4 Å². The number of rotatable bonds is 6. The average Bonchev–Trinajstić information content (AvgIpc) is 2.28. The molecule has 0 spiro atoms. The first kappa shape index (κ1) is 15.1. The van der Waals surface area contributed by atoms with E-state index in [0.29, 0.717) is 0 Å². The molecule has 2 atom stereocenters. The topological polar surface area (TPSA) is 74.6 Å². The van der Waals surface area contributed by atoms with Crippen molar-refractivity contribution < 1.29 is 18.6 Å². The summed E-state index contributed by atoms with van der Waals surface area (Å²) >= 11 is 0. The lowest BCUT2D eigenvalue weighted by molar-refractivity contribution is 0.154. The highest BCUT2D eigenvalue weighted by atomic mass is 32.2. The SMILES string of the molecule is C[C@H](O)CC(C[C@H](C)O)S(=O)(=O)c1ccccc1. The quantitative estimate of drug-likeness (QED) is 0.820. The Morgan fingerprint density at radius 3 is 1.83 bits per heavy atom. The lowest BCUT2D eigenvalue weighted by Crippen LogP contribution is -2.29. The van der Waals surface area contributed by atoms with Gasteiger partial charge in [-0.05, 0) is 38.8 Å². The number of aliphatic hydroxyl groups is 2. The van der Waals surface area contributed by atoms with Crippen LogP contribution in [-0.2, 0) is 9.84 Å². The van der Waals surface area contributed by atoms with Gasteiger partial charge in [-0.1, -0.05) is 18.2 Å². The zero-order valence-electron chi connectivity index (χ0n) is 10.7. The fraction of sp³-hybridized carbons (Fsp3) is 0.538. The molecule has 0 amide bonds. The van der Waals surface area contributed by atoms with E-state index in [9.17, 15) is 18.6 Å². The first-order valence-corrected chi connectivity index (χ1v) is 7.53. The minimum atomic E-state index is -3.51. The van der Waals surface area contributed by atoms with Gasteiger partial charge in [0.1, 0.15) is 0 Å². The smallest absolute Gasteiger partial charge is 0.181 e. The summed E-state index contributed by atoms with van der Waals surface area (Å²) in [6.45, 7) is 3.10. The Morgan fingerprint density at radius 1 is 1.00 bits per heavy atom. The van der Waals surface area contributed by atoms with E-state index in [-0.39, 0.29) is 17.7 Å². The Hall–Kier alpha value is -0.910. The Labute approximate surface area is 108 Å². The van der Waals surface area contributed by atoms with E-state index in [1.165, 1.54) is 12.1 Å². The van der Waals surface area contributed by atoms with E-state index in [1.54, 1.807) is 32.0 Å². The molecule has 1 aromatic rings. The third kappa shape index (κ3) is 4.08. The molecular weight excluding hydrogens is 252 g/mol. The maximum atomic E-state index is 12.4. The van der Waals surface area contributed by atoms with Gasteiger partial charge in [-0.2, -0.15) is 0 Å². The van der Waals surface area contributed by atoms with Crippen molar-refractivity contribution in [3.05, 3.63) is 30.3 Å². The number of hydrogen-bond acceptors (Lipinski definition) is 4. The van der Waals surface area contributed by atoms with Gasteiger partial charge >= 0.3 is 0 Å². The molecule has 0 unspecified atom stereocenters. The Balaban J connectivity index is 3.03. The molecule has 0 fully saturated rings. The predicted octanol–water partition coefficient (Wildman–Crippen LogP) is 1.37. The summed E-state index contributed by atoms with van der Waals surface area (Å²) in [4.78, 5) is 0.233. The van der Waals surface area contributed by atoms with E-state index in [4.69, 9.17) is 0 Å². The van der Waals surface area contributed by atoms with Gasteiger partial charge in [0.15, 0.2) is 9.84 Å². The molecule has 5 heteroatoms. The number of aliphatic hydroxyl groups excluding tert-OH is 2. The van der Waals surface area contributed by atoms with Gasteiger partial charge in [-0.3, -0.25) is 0 Å². The number of sulfone groups is 1. The van der Waals surface area contributed by atoms with Crippen LogP contribution in [0.1, 0.15) is 26.7 Å². The summed E-state index contributed by atoms with van der Waals surface area (Å²) in [5.74, 6) is 0. The van der Waals surface area contributed by atoms with Gasteiger partial charge in [0, 0.05) is 0 Å². The molecule has 0 saturated carbocycles. The molecule has 1 rings (SSSR count). The molecular formula is C13H20O4S. The van der Waals surface area contributed by atoms with E-state index in [2.05, 4.69) is 0 Å². The van der Waals surface area contributed by atoms with Crippen molar-refractivity contribution in [3.63, 3.8) is 0 Å². The molecule has 0 heterocycles. The van der Waals surface area contributed by atoms with Crippen molar-refractivity contribution in [2.45, 2.75) is 49.0 Å². The number of hydrogen-bond donors (Lipinski definition) is 2. The largest absolute Gasteiger partial charge is 0.393 e. The van der Waals surface area contributed by atoms with Gasteiger partial charge in [0.2, 0.25) is 0 Å². The van der Waals surface area contributed by atoms with Gasteiger partial charge in [-0.25, -0.2) is 8.42 Å². The highest BCUT2D eigenvalue weighted by Crippen LogP contribution is 2.23. The van der Waals surface area contributed by atoms with Crippen LogP contribution in [-0.4, -0.2) is 36.1 Å². The highest BCUT2D eigenvalue weighted by Gasteiger charge is 2.29. The van der Waals surface area contributed by atoms with Crippen LogP contribution >= 0.6 is 0 Å². The summed E-state index contributed by atoms with van der Waals surface area (Å²) in [7, 11) is -3.51. The van der Waals surface area contributed by atoms with E-state index >= 15 is 0 Å². The second-order valence-electron chi connectivity index (χ2n) is 4.65. The molecule has 2 N–H and O–H groups in total. The van der Waals surface area contributed by atoms with Crippen LogP contribution in [0.4, 0.5) is 0 Å². The Morgan fingerprint density at radius 2 is 1.44 bits per heavy atom. The van der Waals surface area contributed by atoms with Crippen LogP contribution < -0.4 is 0 Å². The molecule has 0 aliphatic carbocycles. The Bertz CT molecular complexity index is 441. The summed E-state index contributed by atoms with van der Waals surface area (Å²) in [6.07, 6.45) is -1.18. The van der Waals surface area contributed by atoms with Crippen molar-refractivity contribution >= 4 is 9.84 Å². The Kier molecular flexibility index (Phi) is 5.31. The molecule has 102 valence electrons. The molecule has 0 bridgehead atoms. The van der Waals surface area contributed by atoms with E-state index in [1.807, 2.05) is 0 Å². The first-order chi connectivity index (χ1) is 8.34. The monoisotopic (exact) mass is 272 g/mol. The molecule has 0 aromatic heterocycles. The van der Waals surface area contributed by atoms with Crippen LogP contribution in [0.25, 0.3) is 0 Å².